The van der Waals surface area contributed by atoms with Gasteiger partial charge in [0.25, 0.3) is 0 Å². The highest BCUT2D eigenvalue weighted by Gasteiger charge is 2.38. The number of carbonyl (C=O) groups excluding carboxylic acids is 1. The van der Waals surface area contributed by atoms with Gasteiger partial charge in [-0.05, 0) is 26.6 Å². The minimum atomic E-state index is -5.08. The number of aliphatic carboxylic acids is 2. The molecule has 0 aromatic heterocycles. The number of alkyl halides is 3. The van der Waals surface area contributed by atoms with Crippen molar-refractivity contribution in [2.45, 2.75) is 18.6 Å². The molecule has 0 aromatic rings. The van der Waals surface area contributed by atoms with Crippen molar-refractivity contribution >= 4 is 17.8 Å². The third-order valence-electron chi connectivity index (χ3n) is 3.24. The highest BCUT2D eigenvalue weighted by molar-refractivity contribution is 5.87. The van der Waals surface area contributed by atoms with Crippen molar-refractivity contribution in [3.8, 4) is 0 Å². The van der Waals surface area contributed by atoms with Crippen LogP contribution in [0.1, 0.15) is 6.42 Å². The van der Waals surface area contributed by atoms with E-state index < -0.39 is 24.0 Å². The summed E-state index contributed by atoms with van der Waals surface area (Å²) in [5.41, 5.74) is 0. The molecule has 2 N–H and O–H groups in total. The summed E-state index contributed by atoms with van der Waals surface area (Å²) in [6.07, 6.45) is -3.26. The maximum atomic E-state index is 11.5. The smallest absolute Gasteiger partial charge is 0.481 e. The summed E-state index contributed by atoms with van der Waals surface area (Å²) in [6.45, 7) is 4.28. The van der Waals surface area contributed by atoms with Gasteiger partial charge in [-0.2, -0.15) is 13.2 Å². The first-order valence-corrected chi connectivity index (χ1v) is 6.50. The Balaban J connectivity index is 0.000000585. The molecule has 23 heavy (non-hydrogen) atoms. The Bertz CT molecular complexity index is 465. The average molecular weight is 340 g/mol. The standard InChI is InChI=1S/C11H18N2O3.C2HF3O2/c1-4-10(14)13-6-8(11(15)16)5-9(7-13)12(2)3;3-2(4,5)1(6)7/h4,8-9H,1,5-7H2,2-3H3,(H,15,16);(H,6,7). The molecule has 7 nitrogen and oxygen atoms in total. The number of halogens is 3. The lowest BCUT2D eigenvalue weighted by molar-refractivity contribution is -0.192. The van der Waals surface area contributed by atoms with Crippen molar-refractivity contribution in [2.24, 2.45) is 5.92 Å². The second-order valence-corrected chi connectivity index (χ2v) is 5.14. The monoisotopic (exact) mass is 340 g/mol. The van der Waals surface area contributed by atoms with Crippen molar-refractivity contribution in [1.82, 2.24) is 9.80 Å². The minimum absolute atomic E-state index is 0.0961. The van der Waals surface area contributed by atoms with Gasteiger partial charge >= 0.3 is 18.1 Å². The summed E-state index contributed by atoms with van der Waals surface area (Å²) in [4.78, 5) is 34.9. The fourth-order valence-corrected chi connectivity index (χ4v) is 1.93. The summed E-state index contributed by atoms with van der Waals surface area (Å²) in [5.74, 6) is -4.27. The molecule has 1 fully saturated rings. The van der Waals surface area contributed by atoms with Crippen LogP contribution in [0.3, 0.4) is 0 Å². The molecule has 0 aromatic carbocycles. The van der Waals surface area contributed by atoms with Gasteiger partial charge in [0.05, 0.1) is 5.92 Å². The van der Waals surface area contributed by atoms with Crippen molar-refractivity contribution in [3.05, 3.63) is 12.7 Å². The normalized spacial score (nSPS) is 21.2. The highest BCUT2D eigenvalue weighted by atomic mass is 19.4. The molecule has 0 spiro atoms. The fraction of sp³-hybridized carbons (Fsp3) is 0.615. The lowest BCUT2D eigenvalue weighted by atomic mass is 9.93. The van der Waals surface area contributed by atoms with E-state index in [1.807, 2.05) is 19.0 Å². The van der Waals surface area contributed by atoms with E-state index in [0.29, 0.717) is 13.0 Å². The average Bonchev–Trinajstić information content (AvgIpc) is 2.45. The van der Waals surface area contributed by atoms with E-state index in [2.05, 4.69) is 6.58 Å². The molecule has 2 atom stereocenters. The van der Waals surface area contributed by atoms with Gasteiger partial charge in [-0.15, -0.1) is 0 Å². The molecule has 1 aliphatic heterocycles. The lowest BCUT2D eigenvalue weighted by Crippen LogP contribution is -2.52. The molecule has 0 radical (unpaired) electrons. The van der Waals surface area contributed by atoms with Crippen molar-refractivity contribution in [2.75, 3.05) is 27.2 Å². The van der Waals surface area contributed by atoms with E-state index in [9.17, 15) is 22.8 Å². The summed E-state index contributed by atoms with van der Waals surface area (Å²) in [7, 11) is 3.79. The maximum absolute atomic E-state index is 11.5. The van der Waals surface area contributed by atoms with Gasteiger partial charge in [-0.25, -0.2) is 4.79 Å². The number of likely N-dealkylation sites (tertiary alicyclic amines) is 1. The molecule has 0 bridgehead atoms. The fourth-order valence-electron chi connectivity index (χ4n) is 1.93. The number of likely N-dealkylation sites (N-methyl/N-ethyl adjacent to an activating group) is 1. The number of carbonyl (C=O) groups is 3. The van der Waals surface area contributed by atoms with Crippen LogP contribution >= 0.6 is 0 Å². The van der Waals surface area contributed by atoms with Crippen LogP contribution in [0.2, 0.25) is 0 Å². The minimum Gasteiger partial charge on any atom is -0.481 e. The maximum Gasteiger partial charge on any atom is 0.490 e. The number of carboxylic acid groups (broad SMARTS) is 2. The summed E-state index contributed by atoms with van der Waals surface area (Å²) in [5, 5.41) is 16.2. The van der Waals surface area contributed by atoms with E-state index >= 15 is 0 Å². The molecule has 1 aliphatic rings. The van der Waals surface area contributed by atoms with Crippen molar-refractivity contribution < 1.29 is 37.8 Å². The Labute approximate surface area is 131 Å². The molecule has 1 heterocycles. The SMILES string of the molecule is C=CC(=O)N1CC(C(=O)O)CC(N(C)C)C1.O=C(O)C(F)(F)F. The van der Waals surface area contributed by atoms with Crippen LogP contribution in [0.5, 0.6) is 0 Å². The van der Waals surface area contributed by atoms with Gasteiger partial charge in [0, 0.05) is 19.1 Å². The third kappa shape index (κ3) is 7.13. The van der Waals surface area contributed by atoms with Gasteiger partial charge in [-0.1, -0.05) is 6.58 Å². The molecule has 132 valence electrons. The second kappa shape index (κ2) is 8.51. The van der Waals surface area contributed by atoms with Crippen molar-refractivity contribution in [3.63, 3.8) is 0 Å². The molecule has 1 saturated heterocycles. The molecule has 1 amide bonds. The predicted octanol–water partition coefficient (Wildman–Crippen LogP) is 0.669. The third-order valence-corrected chi connectivity index (χ3v) is 3.24. The van der Waals surface area contributed by atoms with Gasteiger partial charge in [0.2, 0.25) is 5.91 Å². The Morgan fingerprint density at radius 2 is 1.70 bits per heavy atom. The molecule has 2 unspecified atom stereocenters. The summed E-state index contributed by atoms with van der Waals surface area (Å²) >= 11 is 0. The zero-order valence-corrected chi connectivity index (χ0v) is 12.7. The predicted molar refractivity (Wildman–Crippen MR) is 73.7 cm³/mol. The number of hydrogen-bond acceptors (Lipinski definition) is 4. The Morgan fingerprint density at radius 3 is 2.00 bits per heavy atom. The first-order valence-electron chi connectivity index (χ1n) is 6.50. The number of carboxylic acids is 2. The van der Waals surface area contributed by atoms with E-state index in [1.54, 1.807) is 4.90 Å². The number of piperidine rings is 1. The van der Waals surface area contributed by atoms with Crippen LogP contribution < -0.4 is 0 Å². The quantitative estimate of drug-likeness (QED) is 0.733. The van der Waals surface area contributed by atoms with Crippen LogP contribution in [0, 0.1) is 5.92 Å². The number of amides is 1. The molecular formula is C13H19F3N2O5. The van der Waals surface area contributed by atoms with Crippen molar-refractivity contribution in [1.29, 1.82) is 0 Å². The second-order valence-electron chi connectivity index (χ2n) is 5.14. The van der Waals surface area contributed by atoms with Crippen LogP contribution in [0.15, 0.2) is 12.7 Å². The van der Waals surface area contributed by atoms with Crippen LogP contribution in [-0.2, 0) is 14.4 Å². The zero-order valence-electron chi connectivity index (χ0n) is 12.7. The lowest BCUT2D eigenvalue weighted by Gasteiger charge is -2.38. The number of nitrogens with zero attached hydrogens (tertiary/aromatic N) is 2. The van der Waals surface area contributed by atoms with Gasteiger partial charge in [0.1, 0.15) is 0 Å². The summed E-state index contributed by atoms with van der Waals surface area (Å²) < 4.78 is 31.7. The van der Waals surface area contributed by atoms with Crippen LogP contribution in [-0.4, -0.2) is 77.3 Å². The van der Waals surface area contributed by atoms with E-state index in [-0.39, 0.29) is 18.5 Å². The molecule has 1 rings (SSSR count). The van der Waals surface area contributed by atoms with Gasteiger partial charge < -0.3 is 20.0 Å². The van der Waals surface area contributed by atoms with E-state index in [0.717, 1.165) is 0 Å². The van der Waals surface area contributed by atoms with Gasteiger partial charge in [-0.3, -0.25) is 9.59 Å². The molecule has 10 heteroatoms. The summed E-state index contributed by atoms with van der Waals surface area (Å²) in [6, 6.07) is 0.0961. The van der Waals surface area contributed by atoms with Gasteiger partial charge in [0.15, 0.2) is 0 Å². The van der Waals surface area contributed by atoms with E-state index in [4.69, 9.17) is 15.0 Å². The Morgan fingerprint density at radius 1 is 1.22 bits per heavy atom. The first kappa shape index (κ1) is 20.9. The highest BCUT2D eigenvalue weighted by Crippen LogP contribution is 2.20. The number of rotatable bonds is 3. The molecule has 0 saturated carbocycles. The van der Waals surface area contributed by atoms with E-state index in [1.165, 1.54) is 6.08 Å². The molecular weight excluding hydrogens is 321 g/mol. The topological polar surface area (TPSA) is 98.2 Å². The first-order chi connectivity index (χ1) is 10.4. The Hall–Kier alpha value is -2.10. The van der Waals surface area contributed by atoms with Crippen LogP contribution in [0.25, 0.3) is 0 Å². The zero-order chi connectivity index (χ0) is 18.4. The van der Waals surface area contributed by atoms with Crippen LogP contribution in [0.4, 0.5) is 13.2 Å². The largest absolute Gasteiger partial charge is 0.490 e. The Kier molecular flexibility index (Phi) is 7.73. The molecule has 0 aliphatic carbocycles. The number of hydrogen-bond donors (Lipinski definition) is 2.